The fourth-order valence-corrected chi connectivity index (χ4v) is 2.79. The molecule has 1 aromatic carbocycles. The van der Waals surface area contributed by atoms with Crippen LogP contribution in [0.25, 0.3) is 0 Å². The molecule has 2 rings (SSSR count). The highest BCUT2D eigenvalue weighted by atomic mass is 35.5. The average Bonchev–Trinajstić information content (AvgIpc) is 2.96. The third kappa shape index (κ3) is 3.09. The van der Waals surface area contributed by atoms with Crippen LogP contribution in [0.3, 0.4) is 0 Å². The Hall–Kier alpha value is -0.870. The van der Waals surface area contributed by atoms with Gasteiger partial charge < -0.3 is 9.47 Å². The lowest BCUT2D eigenvalue weighted by atomic mass is 10.1. The summed E-state index contributed by atoms with van der Waals surface area (Å²) in [5.41, 5.74) is 0.556. The molecule has 0 fully saturated rings. The first-order chi connectivity index (χ1) is 10.4. The summed E-state index contributed by atoms with van der Waals surface area (Å²) in [5.74, 6) is -0.0574. The smallest absolute Gasteiger partial charge is 0.305 e. The molecule has 1 aliphatic heterocycles. The van der Waals surface area contributed by atoms with Crippen molar-refractivity contribution in [3.63, 3.8) is 0 Å². The van der Waals surface area contributed by atoms with Gasteiger partial charge in [-0.1, -0.05) is 71.6 Å². The maximum absolute atomic E-state index is 12.4. The van der Waals surface area contributed by atoms with Gasteiger partial charge in [0.1, 0.15) is 10.0 Å². The molecule has 0 aromatic heterocycles. The quantitative estimate of drug-likeness (QED) is 0.282. The van der Waals surface area contributed by atoms with Gasteiger partial charge in [0, 0.05) is 5.57 Å². The summed E-state index contributed by atoms with van der Waals surface area (Å²) < 4.78 is 11.0. The highest BCUT2D eigenvalue weighted by Crippen LogP contribution is 2.53. The molecule has 0 atom stereocenters. The first-order valence-electron chi connectivity index (χ1n) is 6.47. The van der Waals surface area contributed by atoms with Crippen LogP contribution in [-0.2, 0) is 4.79 Å². The Balaban J connectivity index is 2.35. The van der Waals surface area contributed by atoms with E-state index in [1.54, 1.807) is 12.2 Å². The predicted octanol–water partition coefficient (Wildman–Crippen LogP) is 5.88. The molecule has 7 heteroatoms. The summed E-state index contributed by atoms with van der Waals surface area (Å²) in [6.07, 6.45) is 4.68. The summed E-state index contributed by atoms with van der Waals surface area (Å²) in [7, 11) is 0. The van der Waals surface area contributed by atoms with Crippen LogP contribution in [0.1, 0.15) is 20.3 Å². The molecule has 0 amide bonds. The van der Waals surface area contributed by atoms with Crippen LogP contribution in [0.15, 0.2) is 23.8 Å². The minimum Gasteiger partial charge on any atom is -0.442 e. The van der Waals surface area contributed by atoms with Gasteiger partial charge in [-0.05, 0) is 13.3 Å². The molecule has 1 aliphatic rings. The first kappa shape index (κ1) is 17.5. The number of ether oxygens (including phenoxy) is 2. The monoisotopic (exact) mass is 380 g/mol. The van der Waals surface area contributed by atoms with Gasteiger partial charge >= 0.3 is 6.29 Å². The van der Waals surface area contributed by atoms with Gasteiger partial charge in [-0.3, -0.25) is 4.79 Å². The second kappa shape index (κ2) is 7.14. The zero-order chi connectivity index (χ0) is 16.4. The van der Waals surface area contributed by atoms with Crippen molar-refractivity contribution in [2.75, 3.05) is 0 Å². The van der Waals surface area contributed by atoms with Gasteiger partial charge in [-0.15, -0.1) is 0 Å². The summed E-state index contributed by atoms with van der Waals surface area (Å²) >= 11 is 24.1. The number of halogens is 4. The maximum atomic E-state index is 12.4. The molecule has 0 bridgehead atoms. The molecule has 3 nitrogen and oxygen atoms in total. The van der Waals surface area contributed by atoms with Gasteiger partial charge in [-0.25, -0.2) is 0 Å². The van der Waals surface area contributed by atoms with E-state index in [0.717, 1.165) is 0 Å². The van der Waals surface area contributed by atoms with Crippen molar-refractivity contribution in [2.24, 2.45) is 0 Å². The van der Waals surface area contributed by atoms with Crippen LogP contribution in [0.4, 0.5) is 0 Å². The van der Waals surface area contributed by atoms with Crippen molar-refractivity contribution in [1.29, 1.82) is 0 Å². The molecule has 0 saturated heterocycles. The Labute approximate surface area is 148 Å². The van der Waals surface area contributed by atoms with Gasteiger partial charge in [-0.2, -0.15) is 0 Å². The lowest BCUT2D eigenvalue weighted by molar-refractivity contribution is -0.130. The molecule has 22 heavy (non-hydrogen) atoms. The zero-order valence-corrected chi connectivity index (χ0v) is 14.8. The fraction of sp³-hybridized carbons (Fsp3) is 0.267. The van der Waals surface area contributed by atoms with E-state index in [2.05, 4.69) is 0 Å². The van der Waals surface area contributed by atoms with E-state index >= 15 is 0 Å². The van der Waals surface area contributed by atoms with E-state index in [-0.39, 0.29) is 37.4 Å². The second-order valence-corrected chi connectivity index (χ2v) is 5.93. The number of allylic oxidation sites excluding steroid dienone is 3. The van der Waals surface area contributed by atoms with Crippen LogP contribution in [0.2, 0.25) is 20.1 Å². The lowest BCUT2D eigenvalue weighted by Gasteiger charge is -2.10. The summed E-state index contributed by atoms with van der Waals surface area (Å²) in [5, 5.41) is 0.251. The number of hydrogen-bond acceptors (Lipinski definition) is 3. The number of benzene rings is 1. The van der Waals surface area contributed by atoms with Gasteiger partial charge in [0.05, 0.1) is 10.0 Å². The van der Waals surface area contributed by atoms with E-state index in [1.165, 1.54) is 0 Å². The Morgan fingerprint density at radius 1 is 1.05 bits per heavy atom. The number of carbonyl (C=O) groups excluding carboxylic acids is 1. The van der Waals surface area contributed by atoms with Crippen LogP contribution in [0, 0.1) is 0 Å². The topological polar surface area (TPSA) is 35.5 Å². The number of hydrogen-bond donors (Lipinski definition) is 0. The Morgan fingerprint density at radius 2 is 1.55 bits per heavy atom. The average molecular weight is 382 g/mol. The number of fused-ring (bicyclic) bond motifs is 1. The van der Waals surface area contributed by atoms with Crippen molar-refractivity contribution in [3.05, 3.63) is 43.9 Å². The van der Waals surface area contributed by atoms with Crippen LogP contribution >= 0.6 is 46.4 Å². The maximum Gasteiger partial charge on any atom is 0.305 e. The Morgan fingerprint density at radius 3 is 1.95 bits per heavy atom. The zero-order valence-electron chi connectivity index (χ0n) is 11.8. The molecule has 1 heterocycles. The molecular weight excluding hydrogens is 370 g/mol. The number of rotatable bonds is 4. The van der Waals surface area contributed by atoms with E-state index in [1.807, 2.05) is 19.9 Å². The van der Waals surface area contributed by atoms with Crippen LogP contribution < -0.4 is 9.47 Å². The van der Waals surface area contributed by atoms with E-state index in [0.29, 0.717) is 12.0 Å². The van der Waals surface area contributed by atoms with Crippen molar-refractivity contribution < 1.29 is 14.3 Å². The molecule has 0 N–H and O–H groups in total. The third-order valence-corrected chi connectivity index (χ3v) is 4.80. The van der Waals surface area contributed by atoms with Gasteiger partial charge in [0.25, 0.3) is 0 Å². The number of Topliss-reactive ketones (excluding diaryl/α,β-unsaturated/α-hetero) is 1. The summed E-state index contributed by atoms with van der Waals surface area (Å²) in [6, 6.07) is 0. The molecule has 0 spiro atoms. The number of ketones is 1. The van der Waals surface area contributed by atoms with E-state index in [9.17, 15) is 4.79 Å². The third-order valence-electron chi connectivity index (χ3n) is 3.03. The predicted molar refractivity (Wildman–Crippen MR) is 89.7 cm³/mol. The first-order valence-corrected chi connectivity index (χ1v) is 7.98. The summed E-state index contributed by atoms with van der Waals surface area (Å²) in [4.78, 5) is 12.4. The molecule has 0 radical (unpaired) electrons. The van der Waals surface area contributed by atoms with E-state index in [4.69, 9.17) is 55.9 Å². The second-order valence-electron chi connectivity index (χ2n) is 4.42. The van der Waals surface area contributed by atoms with Crippen molar-refractivity contribution >= 4 is 52.2 Å². The molecule has 0 unspecified atom stereocenters. The minimum atomic E-state index is -1.16. The highest BCUT2D eigenvalue weighted by molar-refractivity contribution is 6.53. The van der Waals surface area contributed by atoms with Crippen molar-refractivity contribution in [2.45, 2.75) is 26.6 Å². The molecule has 1 aromatic rings. The fourth-order valence-electron chi connectivity index (χ4n) is 1.89. The van der Waals surface area contributed by atoms with Gasteiger partial charge in [0.2, 0.25) is 5.78 Å². The van der Waals surface area contributed by atoms with Crippen molar-refractivity contribution in [3.8, 4) is 11.5 Å². The van der Waals surface area contributed by atoms with Crippen LogP contribution in [0.5, 0.6) is 11.5 Å². The summed E-state index contributed by atoms with van der Waals surface area (Å²) in [6.45, 7) is 3.72. The van der Waals surface area contributed by atoms with Gasteiger partial charge in [0.15, 0.2) is 11.5 Å². The SMILES string of the molecule is C/C=C\C=C(/CC)C(=O)C1Oc2c(Cl)c(Cl)c(Cl)c(Cl)c2O1. The Kier molecular flexibility index (Phi) is 5.67. The molecule has 0 saturated carbocycles. The molecule has 118 valence electrons. The van der Waals surface area contributed by atoms with E-state index < -0.39 is 6.29 Å². The lowest BCUT2D eigenvalue weighted by Crippen LogP contribution is -2.30. The highest BCUT2D eigenvalue weighted by Gasteiger charge is 2.37. The van der Waals surface area contributed by atoms with Crippen molar-refractivity contribution in [1.82, 2.24) is 0 Å². The minimum absolute atomic E-state index is 0.0592. The standard InChI is InChI=1S/C15H12Cl4O3/c1-3-5-6-7(4-2)12(20)15-21-13-10(18)8(16)9(17)11(19)14(13)22-15/h3,5-6,15H,4H2,1-2H3/b5-3-,7-6+. The normalized spacial score (nSPS) is 14.9. The Bertz CT molecular complexity index is 643. The molecular formula is C15H12Cl4O3. The largest absolute Gasteiger partial charge is 0.442 e. The molecule has 0 aliphatic carbocycles. The number of carbonyl (C=O) groups is 1. The van der Waals surface area contributed by atoms with Crippen LogP contribution in [-0.4, -0.2) is 12.1 Å².